The average Bonchev–Trinajstić information content (AvgIpc) is 3.23. The molecule has 2 amide bonds. The molecule has 5 nitrogen and oxygen atoms in total. The van der Waals surface area contributed by atoms with Gasteiger partial charge in [0.05, 0.1) is 5.69 Å². The van der Waals surface area contributed by atoms with E-state index in [9.17, 15) is 14.0 Å². The summed E-state index contributed by atoms with van der Waals surface area (Å²) >= 11 is 5.79. The Labute approximate surface area is 161 Å². The molecule has 0 bridgehead atoms. The first-order valence-corrected chi connectivity index (χ1v) is 9.28. The summed E-state index contributed by atoms with van der Waals surface area (Å²) in [5.41, 5.74) is 2.13. The molecule has 0 aliphatic carbocycles. The summed E-state index contributed by atoms with van der Waals surface area (Å²) in [5, 5.41) is 6.39. The van der Waals surface area contributed by atoms with Gasteiger partial charge in [-0.2, -0.15) is 0 Å². The van der Waals surface area contributed by atoms with Crippen molar-refractivity contribution in [3.8, 4) is 0 Å². The highest BCUT2D eigenvalue weighted by atomic mass is 35.5. The summed E-state index contributed by atoms with van der Waals surface area (Å²) in [5.74, 6) is -0.459. The normalized spacial score (nSPS) is 22.2. The number of anilines is 2. The largest absolute Gasteiger partial charge is 0.374 e. The number of carbonyl (C=O) groups excluding carboxylic acids is 2. The fraction of sp³-hybridized carbons (Fsp3) is 0.300. The van der Waals surface area contributed by atoms with Crippen LogP contribution in [0.5, 0.6) is 0 Å². The fourth-order valence-corrected chi connectivity index (χ4v) is 3.84. The third-order valence-corrected chi connectivity index (χ3v) is 5.32. The van der Waals surface area contributed by atoms with Gasteiger partial charge in [0.15, 0.2) is 0 Å². The lowest BCUT2D eigenvalue weighted by molar-refractivity contribution is -0.119. The van der Waals surface area contributed by atoms with Gasteiger partial charge in [-0.15, -0.1) is 0 Å². The Hall–Kier alpha value is -2.60. The van der Waals surface area contributed by atoms with Crippen LogP contribution in [0.15, 0.2) is 42.5 Å². The molecule has 0 radical (unpaired) electrons. The summed E-state index contributed by atoms with van der Waals surface area (Å²) in [7, 11) is 0. The lowest BCUT2D eigenvalue weighted by Gasteiger charge is -2.19. The van der Waals surface area contributed by atoms with Crippen molar-refractivity contribution in [2.24, 2.45) is 0 Å². The van der Waals surface area contributed by atoms with Gasteiger partial charge in [0.2, 0.25) is 11.8 Å². The number of benzene rings is 2. The van der Waals surface area contributed by atoms with E-state index in [1.165, 1.54) is 17.0 Å². The second-order valence-electron chi connectivity index (χ2n) is 6.90. The third kappa shape index (κ3) is 3.62. The van der Waals surface area contributed by atoms with Crippen LogP contribution in [0.3, 0.4) is 0 Å². The molecule has 2 unspecified atom stereocenters. The predicted molar refractivity (Wildman–Crippen MR) is 103 cm³/mol. The highest BCUT2D eigenvalue weighted by molar-refractivity contribution is 6.30. The molecule has 2 fully saturated rings. The highest BCUT2D eigenvalue weighted by Gasteiger charge is 2.34. The van der Waals surface area contributed by atoms with Gasteiger partial charge in [-0.1, -0.05) is 23.7 Å². The zero-order valence-electron chi connectivity index (χ0n) is 14.5. The predicted octanol–water partition coefficient (Wildman–Crippen LogP) is 3.30. The molecule has 0 spiro atoms. The van der Waals surface area contributed by atoms with Gasteiger partial charge in [-0.05, 0) is 42.3 Å². The van der Waals surface area contributed by atoms with Crippen molar-refractivity contribution in [3.05, 3.63) is 58.9 Å². The van der Waals surface area contributed by atoms with Crippen molar-refractivity contribution in [3.63, 3.8) is 0 Å². The van der Waals surface area contributed by atoms with E-state index in [4.69, 9.17) is 11.6 Å². The number of hydrogen-bond donors (Lipinski definition) is 2. The Balaban J connectivity index is 1.47. The van der Waals surface area contributed by atoms with E-state index < -0.39 is 11.9 Å². The fourth-order valence-electron chi connectivity index (χ4n) is 3.68. The maximum absolute atomic E-state index is 14.2. The molecular formula is C20H19ClFN3O2. The van der Waals surface area contributed by atoms with Crippen molar-refractivity contribution in [2.75, 3.05) is 23.3 Å². The monoisotopic (exact) mass is 387 g/mol. The molecule has 2 aromatic rings. The molecule has 2 aliphatic rings. The molecule has 0 saturated carbocycles. The summed E-state index contributed by atoms with van der Waals surface area (Å²) in [6.45, 7) is 1.07. The van der Waals surface area contributed by atoms with Gasteiger partial charge in [0.25, 0.3) is 0 Å². The second-order valence-corrected chi connectivity index (χ2v) is 7.34. The van der Waals surface area contributed by atoms with Crippen LogP contribution in [-0.2, 0) is 9.59 Å². The molecule has 4 rings (SSSR count). The number of carbonyl (C=O) groups is 2. The Morgan fingerprint density at radius 1 is 1.19 bits per heavy atom. The number of hydrogen-bond acceptors (Lipinski definition) is 3. The molecule has 140 valence electrons. The van der Waals surface area contributed by atoms with E-state index in [1.54, 1.807) is 6.07 Å². The van der Waals surface area contributed by atoms with Crippen LogP contribution in [0.2, 0.25) is 5.02 Å². The Morgan fingerprint density at radius 3 is 2.78 bits per heavy atom. The first-order chi connectivity index (χ1) is 13.0. The van der Waals surface area contributed by atoms with Crippen molar-refractivity contribution < 1.29 is 14.0 Å². The van der Waals surface area contributed by atoms with Crippen molar-refractivity contribution in [2.45, 2.75) is 24.8 Å². The number of nitrogens with zero attached hydrogens (tertiary/aromatic N) is 1. The molecule has 2 atom stereocenters. The maximum atomic E-state index is 14.2. The van der Waals surface area contributed by atoms with Gasteiger partial charge in [0.1, 0.15) is 11.9 Å². The van der Waals surface area contributed by atoms with E-state index in [-0.39, 0.29) is 23.4 Å². The van der Waals surface area contributed by atoms with Crippen LogP contribution in [0, 0.1) is 5.82 Å². The second kappa shape index (κ2) is 7.19. The zero-order chi connectivity index (χ0) is 19.0. The third-order valence-electron chi connectivity index (χ3n) is 5.08. The number of nitrogens with one attached hydrogen (secondary N) is 2. The first-order valence-electron chi connectivity index (χ1n) is 8.91. The Kier molecular flexibility index (Phi) is 4.74. The molecule has 2 aromatic carbocycles. The van der Waals surface area contributed by atoms with Crippen molar-refractivity contribution in [1.29, 1.82) is 0 Å². The van der Waals surface area contributed by atoms with Crippen molar-refractivity contribution in [1.82, 2.24) is 5.32 Å². The van der Waals surface area contributed by atoms with Crippen LogP contribution in [0.25, 0.3) is 0 Å². The van der Waals surface area contributed by atoms with Gasteiger partial charge in [0, 0.05) is 36.1 Å². The van der Waals surface area contributed by atoms with Gasteiger partial charge >= 0.3 is 0 Å². The summed E-state index contributed by atoms with van der Waals surface area (Å²) in [6.07, 6.45) is 1.06. The smallest absolute Gasteiger partial charge is 0.249 e. The lowest BCUT2D eigenvalue weighted by atomic mass is 9.98. The minimum absolute atomic E-state index is 0.0602. The summed E-state index contributed by atoms with van der Waals surface area (Å²) in [6, 6.07) is 11.7. The van der Waals surface area contributed by atoms with E-state index in [0.717, 1.165) is 11.3 Å². The van der Waals surface area contributed by atoms with Crippen LogP contribution in [0.4, 0.5) is 15.8 Å². The Bertz CT molecular complexity index is 905. The van der Waals surface area contributed by atoms with Crippen LogP contribution in [-0.4, -0.2) is 30.9 Å². The SMILES string of the molecule is O=C1CC(c2cccc(NC3CCN(c4ccc(Cl)cc4F)C3=O)c2)CN1. The molecule has 2 N–H and O–H groups in total. The number of amides is 2. The van der Waals surface area contributed by atoms with Crippen molar-refractivity contribution >= 4 is 34.8 Å². The zero-order valence-corrected chi connectivity index (χ0v) is 15.3. The first kappa shape index (κ1) is 17.8. The average molecular weight is 388 g/mol. The molecule has 7 heteroatoms. The van der Waals surface area contributed by atoms with E-state index >= 15 is 0 Å². The van der Waals surface area contributed by atoms with Crippen LogP contribution >= 0.6 is 11.6 Å². The summed E-state index contributed by atoms with van der Waals surface area (Å²) in [4.78, 5) is 25.6. The minimum Gasteiger partial charge on any atom is -0.374 e. The molecule has 27 heavy (non-hydrogen) atoms. The van der Waals surface area contributed by atoms with Crippen LogP contribution in [0.1, 0.15) is 24.3 Å². The lowest BCUT2D eigenvalue weighted by Crippen LogP contribution is -2.33. The molecule has 2 saturated heterocycles. The van der Waals surface area contributed by atoms with Gasteiger partial charge in [-0.25, -0.2) is 4.39 Å². The maximum Gasteiger partial charge on any atom is 0.249 e. The highest BCUT2D eigenvalue weighted by Crippen LogP contribution is 2.29. The minimum atomic E-state index is -0.503. The van der Waals surface area contributed by atoms with Gasteiger partial charge < -0.3 is 15.5 Å². The van der Waals surface area contributed by atoms with Gasteiger partial charge in [-0.3, -0.25) is 9.59 Å². The van der Waals surface area contributed by atoms with E-state index in [1.807, 2.05) is 24.3 Å². The molecule has 2 aliphatic heterocycles. The van der Waals surface area contributed by atoms with E-state index in [0.29, 0.717) is 31.0 Å². The topological polar surface area (TPSA) is 61.4 Å². The van der Waals surface area contributed by atoms with Crippen LogP contribution < -0.4 is 15.5 Å². The quantitative estimate of drug-likeness (QED) is 0.846. The number of rotatable bonds is 4. The van der Waals surface area contributed by atoms with E-state index in [2.05, 4.69) is 10.6 Å². The Morgan fingerprint density at radius 2 is 2.04 bits per heavy atom. The molecular weight excluding hydrogens is 369 g/mol. The molecule has 0 aromatic heterocycles. The molecule has 2 heterocycles. The standard InChI is InChI=1S/C20H19ClFN3O2/c21-14-4-5-18(16(22)10-14)25-7-6-17(20(25)27)24-15-3-1-2-12(8-15)13-9-19(26)23-11-13/h1-5,8,10,13,17,24H,6-7,9,11H2,(H,23,26). The number of halogens is 2. The summed E-state index contributed by atoms with van der Waals surface area (Å²) < 4.78 is 14.2.